The van der Waals surface area contributed by atoms with Gasteiger partial charge in [0.2, 0.25) is 11.8 Å². The Morgan fingerprint density at radius 3 is 2.74 bits per heavy atom. The number of carbonyl (C=O) groups excluding carboxylic acids is 2. The van der Waals surface area contributed by atoms with Gasteiger partial charge in [-0.2, -0.15) is 0 Å². The maximum atomic E-state index is 12.5. The second-order valence-corrected chi connectivity index (χ2v) is 7.96. The Kier molecular flexibility index (Phi) is 3.43. The molecule has 0 unspecified atom stereocenters. The zero-order valence-electron chi connectivity index (χ0n) is 12.2. The molecule has 1 aromatic rings. The third kappa shape index (κ3) is 2.20. The van der Waals surface area contributed by atoms with Crippen LogP contribution in [0, 0.1) is 0 Å². The van der Waals surface area contributed by atoms with Gasteiger partial charge in [0, 0.05) is 0 Å². The quantitative estimate of drug-likeness (QED) is 0.563. The number of carboxylic acid groups (broad SMARTS) is 1. The van der Waals surface area contributed by atoms with Crippen molar-refractivity contribution in [2.75, 3.05) is 0 Å². The van der Waals surface area contributed by atoms with Crippen LogP contribution in [0.3, 0.4) is 0 Å². The van der Waals surface area contributed by atoms with E-state index in [2.05, 4.69) is 20.8 Å². The molecule has 2 saturated heterocycles. The van der Waals surface area contributed by atoms with Crippen LogP contribution in [0.5, 0.6) is 0 Å². The van der Waals surface area contributed by atoms with Gasteiger partial charge >= 0.3 is 5.97 Å². The molecule has 1 aromatic heterocycles. The van der Waals surface area contributed by atoms with E-state index in [1.807, 2.05) is 0 Å². The van der Waals surface area contributed by atoms with Crippen LogP contribution < -0.4 is 5.32 Å². The second-order valence-electron chi connectivity index (χ2n) is 5.83. The lowest BCUT2D eigenvalue weighted by atomic mass is 9.96. The monoisotopic (exact) mass is 342 g/mol. The van der Waals surface area contributed by atoms with E-state index in [9.17, 15) is 23.7 Å². The molecular weight excluding hydrogens is 328 g/mol. The molecule has 2 amide bonds. The van der Waals surface area contributed by atoms with Crippen molar-refractivity contribution >= 4 is 28.6 Å². The number of β-lactam (4-membered cyclic amide) rings is 1. The van der Waals surface area contributed by atoms with E-state index in [-0.39, 0.29) is 6.54 Å². The predicted molar refractivity (Wildman–Crippen MR) is 74.0 cm³/mol. The molecule has 0 spiro atoms. The number of carboxylic acids is 1. The summed E-state index contributed by atoms with van der Waals surface area (Å²) in [6, 6.07) is -2.17. The summed E-state index contributed by atoms with van der Waals surface area (Å²) in [5.74, 6) is -2.28. The Morgan fingerprint density at radius 1 is 1.48 bits per heavy atom. The number of tetrazole rings is 1. The number of aromatic nitrogens is 4. The third-order valence-corrected chi connectivity index (χ3v) is 6.20. The number of amides is 2. The van der Waals surface area contributed by atoms with E-state index in [1.54, 1.807) is 0 Å². The highest BCUT2D eigenvalue weighted by Gasteiger charge is 2.68. The first-order valence-corrected chi connectivity index (χ1v) is 7.92. The summed E-state index contributed by atoms with van der Waals surface area (Å²) in [4.78, 5) is 36.6. The summed E-state index contributed by atoms with van der Waals surface area (Å²) < 4.78 is 12.6. The van der Waals surface area contributed by atoms with Gasteiger partial charge in [-0.05, 0) is 24.3 Å². The largest absolute Gasteiger partial charge is 0.480 e. The number of carbonyl (C=O) groups is 3. The number of rotatable bonds is 4. The molecule has 3 heterocycles. The van der Waals surface area contributed by atoms with Gasteiger partial charge in [0.25, 0.3) is 0 Å². The average Bonchev–Trinajstić information content (AvgIpc) is 3.02. The van der Waals surface area contributed by atoms with Crippen molar-refractivity contribution in [3.63, 3.8) is 0 Å². The normalized spacial score (nSPS) is 31.4. The lowest BCUT2D eigenvalue weighted by Gasteiger charge is -2.43. The molecule has 11 nitrogen and oxygen atoms in total. The molecule has 3 rings (SSSR count). The first-order chi connectivity index (χ1) is 10.7. The van der Waals surface area contributed by atoms with Crippen molar-refractivity contribution in [3.05, 3.63) is 6.33 Å². The maximum absolute atomic E-state index is 12.5. The third-order valence-electron chi connectivity index (χ3n) is 4.00. The Morgan fingerprint density at radius 2 is 2.17 bits per heavy atom. The minimum Gasteiger partial charge on any atom is -0.480 e. The Hall–Kier alpha value is -2.37. The van der Waals surface area contributed by atoms with E-state index >= 15 is 0 Å². The standard InChI is InChI=1S/C11H14N6O5S/c1-11(2)7(10(20)21)17-8(19)6(9(17)23(11)22)13-5(18)3-16-4-12-14-15-16/h4,6-7,9H,3H2,1-2H3,(H,13,18)(H,20,21)/t6-,7+,9-,23-/m1/s1. The van der Waals surface area contributed by atoms with Crippen molar-refractivity contribution in [2.24, 2.45) is 0 Å². The molecule has 0 aromatic carbocycles. The summed E-state index contributed by atoms with van der Waals surface area (Å²) in [7, 11) is -1.62. The van der Waals surface area contributed by atoms with E-state index in [1.165, 1.54) is 24.9 Å². The molecule has 0 radical (unpaired) electrons. The molecule has 2 fully saturated rings. The van der Waals surface area contributed by atoms with Crippen molar-refractivity contribution in [1.82, 2.24) is 30.4 Å². The zero-order valence-corrected chi connectivity index (χ0v) is 13.1. The first-order valence-electron chi connectivity index (χ1n) is 6.71. The van der Waals surface area contributed by atoms with Gasteiger partial charge in [0.1, 0.15) is 30.3 Å². The molecule has 4 atom stereocenters. The van der Waals surface area contributed by atoms with Gasteiger partial charge in [-0.1, -0.05) is 0 Å². The van der Waals surface area contributed by atoms with Crippen LogP contribution in [0.1, 0.15) is 13.8 Å². The minimum atomic E-state index is -1.62. The number of nitrogens with one attached hydrogen (secondary N) is 1. The summed E-state index contributed by atoms with van der Waals surface area (Å²) in [5, 5.41) is 21.2. The van der Waals surface area contributed by atoms with Crippen LogP contribution in [0.2, 0.25) is 0 Å². The zero-order chi connectivity index (χ0) is 16.9. The fraction of sp³-hybridized carbons (Fsp3) is 0.636. The molecule has 12 heteroatoms. The van der Waals surface area contributed by atoms with Gasteiger partial charge in [0.15, 0.2) is 0 Å². The summed E-state index contributed by atoms with van der Waals surface area (Å²) in [5.41, 5.74) is 0. The van der Waals surface area contributed by atoms with Gasteiger partial charge in [-0.15, -0.1) is 5.10 Å². The lowest BCUT2D eigenvalue weighted by molar-refractivity contribution is -0.161. The highest BCUT2D eigenvalue weighted by molar-refractivity contribution is 7.87. The predicted octanol–water partition coefficient (Wildman–Crippen LogP) is -2.68. The Balaban J connectivity index is 1.75. The summed E-state index contributed by atoms with van der Waals surface area (Å²) in [6.07, 6.45) is 1.24. The van der Waals surface area contributed by atoms with Gasteiger partial charge in [-0.25, -0.2) is 9.48 Å². The second kappa shape index (κ2) is 5.08. The number of fused-ring (bicyclic) bond motifs is 1. The smallest absolute Gasteiger partial charge is 0.328 e. The number of nitrogens with zero attached hydrogens (tertiary/aromatic N) is 5. The van der Waals surface area contributed by atoms with Crippen molar-refractivity contribution in [2.45, 2.75) is 42.6 Å². The highest BCUT2D eigenvalue weighted by Crippen LogP contribution is 2.43. The summed E-state index contributed by atoms with van der Waals surface area (Å²) in [6.45, 7) is 2.88. The first kappa shape index (κ1) is 15.5. The van der Waals surface area contributed by atoms with Gasteiger partial charge < -0.3 is 15.3 Å². The average molecular weight is 342 g/mol. The van der Waals surface area contributed by atoms with Gasteiger partial charge in [0.05, 0.1) is 15.5 Å². The fourth-order valence-corrected chi connectivity index (χ4v) is 4.83. The number of aliphatic carboxylic acids is 1. The molecule has 2 aliphatic heterocycles. The van der Waals surface area contributed by atoms with E-state index in [0.29, 0.717) is 0 Å². The Labute approximate surface area is 132 Å². The summed E-state index contributed by atoms with van der Waals surface area (Å²) >= 11 is 0. The van der Waals surface area contributed by atoms with Crippen LogP contribution in [-0.2, 0) is 31.7 Å². The van der Waals surface area contributed by atoms with Gasteiger partial charge in [-0.3, -0.25) is 13.8 Å². The molecule has 0 bridgehead atoms. The molecule has 0 aliphatic carbocycles. The number of hydrogen-bond donors (Lipinski definition) is 2. The van der Waals surface area contributed by atoms with Crippen LogP contribution in [0.25, 0.3) is 0 Å². The fourth-order valence-electron chi connectivity index (χ4n) is 2.91. The molecule has 23 heavy (non-hydrogen) atoms. The van der Waals surface area contributed by atoms with Crippen LogP contribution in [0.15, 0.2) is 6.33 Å². The SMILES string of the molecule is CC1(C)[C@H](C(=O)O)N2C(=O)[C@@H](NC(=O)Cn3cnnn3)[C@H]2[S@]1=O. The van der Waals surface area contributed by atoms with Crippen molar-refractivity contribution in [3.8, 4) is 0 Å². The molecule has 124 valence electrons. The van der Waals surface area contributed by atoms with Crippen LogP contribution in [-0.4, -0.2) is 74.4 Å². The lowest BCUT2D eigenvalue weighted by Crippen LogP contribution is -2.71. The Bertz CT molecular complexity index is 704. The molecule has 2 aliphatic rings. The van der Waals surface area contributed by atoms with Crippen LogP contribution in [0.4, 0.5) is 0 Å². The molecule has 2 N–H and O–H groups in total. The topological polar surface area (TPSA) is 147 Å². The van der Waals surface area contributed by atoms with E-state index in [0.717, 1.165) is 4.90 Å². The minimum absolute atomic E-state index is 0.193. The van der Waals surface area contributed by atoms with E-state index in [4.69, 9.17) is 0 Å². The van der Waals surface area contributed by atoms with Crippen molar-refractivity contribution < 1.29 is 23.7 Å². The van der Waals surface area contributed by atoms with Crippen molar-refractivity contribution in [1.29, 1.82) is 0 Å². The van der Waals surface area contributed by atoms with Crippen LogP contribution >= 0.6 is 0 Å². The number of hydrogen-bond acceptors (Lipinski definition) is 7. The highest BCUT2D eigenvalue weighted by atomic mass is 32.2. The molecular formula is C11H14N6O5S. The molecule has 0 saturated carbocycles. The van der Waals surface area contributed by atoms with E-state index < -0.39 is 50.8 Å². The maximum Gasteiger partial charge on any atom is 0.328 e.